The first kappa shape index (κ1) is 13.4. The summed E-state index contributed by atoms with van der Waals surface area (Å²) in [6.07, 6.45) is 0.943. The van der Waals surface area contributed by atoms with Crippen LogP contribution in [0.3, 0.4) is 0 Å². The van der Waals surface area contributed by atoms with Gasteiger partial charge in [0.15, 0.2) is 0 Å². The number of aryl methyl sites for hydroxylation is 2. The number of hydrogen-bond acceptors (Lipinski definition) is 2. The normalized spacial score (nSPS) is 10.5. The van der Waals surface area contributed by atoms with Crippen molar-refractivity contribution in [3.8, 4) is 5.75 Å². The SMILES string of the molecule is CCc1cccc(C)c1NCc1cc(O)cc(F)c1. The van der Waals surface area contributed by atoms with E-state index in [9.17, 15) is 9.50 Å². The molecular formula is C16H18FNO. The lowest BCUT2D eigenvalue weighted by Gasteiger charge is -2.14. The minimum Gasteiger partial charge on any atom is -0.508 e. The van der Waals surface area contributed by atoms with Crippen LogP contribution in [-0.4, -0.2) is 5.11 Å². The summed E-state index contributed by atoms with van der Waals surface area (Å²) in [6.45, 7) is 4.64. The molecule has 0 saturated carbocycles. The molecule has 2 rings (SSSR count). The summed E-state index contributed by atoms with van der Waals surface area (Å²) in [4.78, 5) is 0. The fourth-order valence-electron chi connectivity index (χ4n) is 2.20. The number of rotatable bonds is 4. The smallest absolute Gasteiger partial charge is 0.127 e. The molecule has 2 aromatic carbocycles. The lowest BCUT2D eigenvalue weighted by atomic mass is 10.1. The Morgan fingerprint density at radius 2 is 2.00 bits per heavy atom. The minimum absolute atomic E-state index is 0.0442. The van der Waals surface area contributed by atoms with E-state index in [1.165, 1.54) is 17.2 Å². The molecule has 2 aromatic rings. The van der Waals surface area contributed by atoms with Crippen LogP contribution in [0.4, 0.5) is 10.1 Å². The van der Waals surface area contributed by atoms with Crippen LogP contribution in [0.15, 0.2) is 36.4 Å². The lowest BCUT2D eigenvalue weighted by Crippen LogP contribution is -2.04. The summed E-state index contributed by atoms with van der Waals surface area (Å²) in [5, 5.41) is 12.7. The van der Waals surface area contributed by atoms with Crippen LogP contribution < -0.4 is 5.32 Å². The molecule has 2 N–H and O–H groups in total. The molecule has 0 unspecified atom stereocenters. The molecule has 0 radical (unpaired) electrons. The van der Waals surface area contributed by atoms with E-state index in [0.29, 0.717) is 6.54 Å². The number of para-hydroxylation sites is 1. The van der Waals surface area contributed by atoms with Gasteiger partial charge in [-0.05, 0) is 42.2 Å². The average Bonchev–Trinajstić information content (AvgIpc) is 2.36. The number of anilines is 1. The third kappa shape index (κ3) is 3.25. The zero-order valence-electron chi connectivity index (χ0n) is 11.2. The molecule has 0 saturated heterocycles. The van der Waals surface area contributed by atoms with E-state index in [0.717, 1.165) is 23.7 Å². The molecule has 100 valence electrons. The van der Waals surface area contributed by atoms with Crippen LogP contribution in [0.5, 0.6) is 5.75 Å². The largest absolute Gasteiger partial charge is 0.508 e. The Kier molecular flexibility index (Phi) is 4.05. The van der Waals surface area contributed by atoms with E-state index in [1.54, 1.807) is 6.07 Å². The Morgan fingerprint density at radius 1 is 1.21 bits per heavy atom. The highest BCUT2D eigenvalue weighted by Crippen LogP contribution is 2.22. The van der Waals surface area contributed by atoms with Crippen molar-refractivity contribution >= 4 is 5.69 Å². The summed E-state index contributed by atoms with van der Waals surface area (Å²) in [7, 11) is 0. The number of halogens is 1. The van der Waals surface area contributed by atoms with Crippen LogP contribution in [0.25, 0.3) is 0 Å². The molecule has 0 aliphatic rings. The molecule has 3 heteroatoms. The quantitative estimate of drug-likeness (QED) is 0.869. The van der Waals surface area contributed by atoms with E-state index >= 15 is 0 Å². The highest BCUT2D eigenvalue weighted by atomic mass is 19.1. The minimum atomic E-state index is -0.419. The van der Waals surface area contributed by atoms with Crippen molar-refractivity contribution in [3.63, 3.8) is 0 Å². The summed E-state index contributed by atoms with van der Waals surface area (Å²) < 4.78 is 13.2. The Balaban J connectivity index is 2.18. The van der Waals surface area contributed by atoms with Crippen LogP contribution >= 0.6 is 0 Å². The van der Waals surface area contributed by atoms with Gasteiger partial charge >= 0.3 is 0 Å². The van der Waals surface area contributed by atoms with Crippen molar-refractivity contribution in [2.45, 2.75) is 26.8 Å². The summed E-state index contributed by atoms with van der Waals surface area (Å²) in [5.74, 6) is -0.463. The second-order valence-electron chi connectivity index (χ2n) is 4.63. The Labute approximate surface area is 112 Å². The highest BCUT2D eigenvalue weighted by molar-refractivity contribution is 5.57. The number of nitrogens with one attached hydrogen (secondary N) is 1. The lowest BCUT2D eigenvalue weighted by molar-refractivity contribution is 0.468. The maximum Gasteiger partial charge on any atom is 0.127 e. The van der Waals surface area contributed by atoms with Gasteiger partial charge in [0.05, 0.1) is 0 Å². The molecule has 19 heavy (non-hydrogen) atoms. The third-order valence-electron chi connectivity index (χ3n) is 3.15. The fourth-order valence-corrected chi connectivity index (χ4v) is 2.20. The molecule has 0 aliphatic heterocycles. The first-order valence-corrected chi connectivity index (χ1v) is 6.41. The second kappa shape index (κ2) is 5.74. The Hall–Kier alpha value is -2.03. The fraction of sp³-hybridized carbons (Fsp3) is 0.250. The first-order chi connectivity index (χ1) is 9.10. The monoisotopic (exact) mass is 259 g/mol. The Morgan fingerprint density at radius 3 is 2.68 bits per heavy atom. The van der Waals surface area contributed by atoms with E-state index in [1.807, 2.05) is 19.1 Å². The molecule has 0 amide bonds. The average molecular weight is 259 g/mol. The van der Waals surface area contributed by atoms with Crippen LogP contribution in [0.1, 0.15) is 23.6 Å². The zero-order chi connectivity index (χ0) is 13.8. The number of benzene rings is 2. The number of phenolic OH excluding ortho intramolecular Hbond substituents is 1. The van der Waals surface area contributed by atoms with E-state index < -0.39 is 5.82 Å². The van der Waals surface area contributed by atoms with Gasteiger partial charge in [-0.1, -0.05) is 25.1 Å². The standard InChI is InChI=1S/C16H18FNO/c1-3-13-6-4-5-11(2)16(13)18-10-12-7-14(17)9-15(19)8-12/h4-9,18-19H,3,10H2,1-2H3. The topological polar surface area (TPSA) is 32.3 Å². The van der Waals surface area contributed by atoms with Crippen molar-refractivity contribution in [1.82, 2.24) is 0 Å². The first-order valence-electron chi connectivity index (χ1n) is 6.41. The van der Waals surface area contributed by atoms with E-state index in [2.05, 4.69) is 18.3 Å². The van der Waals surface area contributed by atoms with Gasteiger partial charge in [-0.25, -0.2) is 4.39 Å². The van der Waals surface area contributed by atoms with Crippen molar-refractivity contribution in [2.75, 3.05) is 5.32 Å². The molecule has 0 atom stereocenters. The predicted octanol–water partition coefficient (Wildman–Crippen LogP) is 4.01. The molecule has 0 bridgehead atoms. The van der Waals surface area contributed by atoms with Crippen molar-refractivity contribution < 1.29 is 9.50 Å². The van der Waals surface area contributed by atoms with Crippen LogP contribution in [0.2, 0.25) is 0 Å². The molecule has 2 nitrogen and oxygen atoms in total. The van der Waals surface area contributed by atoms with Gasteiger partial charge < -0.3 is 10.4 Å². The van der Waals surface area contributed by atoms with Gasteiger partial charge in [0, 0.05) is 18.3 Å². The maximum absolute atomic E-state index is 13.2. The number of hydrogen-bond donors (Lipinski definition) is 2. The summed E-state index contributed by atoms with van der Waals surface area (Å²) in [6, 6.07) is 10.3. The van der Waals surface area contributed by atoms with Gasteiger partial charge in [0.1, 0.15) is 11.6 Å². The molecule has 0 aliphatic carbocycles. The molecule has 0 aromatic heterocycles. The Bertz CT molecular complexity index is 561. The zero-order valence-corrected chi connectivity index (χ0v) is 11.2. The maximum atomic E-state index is 13.2. The molecule has 0 spiro atoms. The third-order valence-corrected chi connectivity index (χ3v) is 3.15. The summed E-state index contributed by atoms with van der Waals surface area (Å²) in [5.41, 5.74) is 4.22. The second-order valence-corrected chi connectivity index (χ2v) is 4.63. The number of aromatic hydroxyl groups is 1. The van der Waals surface area contributed by atoms with Gasteiger partial charge in [-0.3, -0.25) is 0 Å². The number of phenols is 1. The van der Waals surface area contributed by atoms with Gasteiger partial charge in [0.2, 0.25) is 0 Å². The van der Waals surface area contributed by atoms with Gasteiger partial charge in [-0.2, -0.15) is 0 Å². The molecular weight excluding hydrogens is 241 g/mol. The van der Waals surface area contributed by atoms with Gasteiger partial charge in [0.25, 0.3) is 0 Å². The van der Waals surface area contributed by atoms with Crippen LogP contribution in [0, 0.1) is 12.7 Å². The van der Waals surface area contributed by atoms with E-state index in [4.69, 9.17) is 0 Å². The van der Waals surface area contributed by atoms with E-state index in [-0.39, 0.29) is 5.75 Å². The van der Waals surface area contributed by atoms with Crippen LogP contribution in [-0.2, 0) is 13.0 Å². The van der Waals surface area contributed by atoms with Crippen molar-refractivity contribution in [2.24, 2.45) is 0 Å². The van der Waals surface area contributed by atoms with Crippen molar-refractivity contribution in [1.29, 1.82) is 0 Å². The molecule has 0 fully saturated rings. The molecule has 0 heterocycles. The predicted molar refractivity (Wildman–Crippen MR) is 75.9 cm³/mol. The van der Waals surface area contributed by atoms with Crippen molar-refractivity contribution in [3.05, 3.63) is 58.9 Å². The van der Waals surface area contributed by atoms with Gasteiger partial charge in [-0.15, -0.1) is 0 Å². The highest BCUT2D eigenvalue weighted by Gasteiger charge is 2.05. The summed E-state index contributed by atoms with van der Waals surface area (Å²) >= 11 is 0.